The molecule has 1 nitrogen and oxygen atoms in total. The summed E-state index contributed by atoms with van der Waals surface area (Å²) in [7, 11) is 0. The monoisotopic (exact) mass is 200 g/mol. The van der Waals surface area contributed by atoms with Crippen LogP contribution in [0.15, 0.2) is 18.2 Å². The largest absolute Gasteiger partial charge is 0.300 e. The number of halogens is 2. The predicted octanol–water partition coefficient (Wildman–Crippen LogP) is 3.26. The molecular formula is C11H14F2O. The Morgan fingerprint density at radius 3 is 2.07 bits per heavy atom. The molecule has 0 aliphatic carbocycles. The van der Waals surface area contributed by atoms with E-state index in [-0.39, 0.29) is 5.78 Å². The normalized spacial score (nSPS) is 8.93. The Labute approximate surface area is 82.8 Å². The number of hydrogen-bond donors (Lipinski definition) is 0. The number of carbonyl (C=O) groups is 1. The highest BCUT2D eigenvalue weighted by molar-refractivity contribution is 5.74. The van der Waals surface area contributed by atoms with Crippen molar-refractivity contribution in [2.75, 3.05) is 0 Å². The smallest absolute Gasteiger partial charge is 0.159 e. The third kappa shape index (κ3) is 5.41. The van der Waals surface area contributed by atoms with Crippen molar-refractivity contribution in [3.63, 3.8) is 0 Å². The average Bonchev–Trinajstić information content (AvgIpc) is 2.13. The molecule has 0 atom stereocenters. The summed E-state index contributed by atoms with van der Waals surface area (Å²) < 4.78 is 24.3. The maximum Gasteiger partial charge on any atom is 0.159 e. The molecule has 0 aromatic heterocycles. The lowest BCUT2D eigenvalue weighted by Crippen LogP contribution is -1.82. The number of aryl methyl sites for hydroxylation is 1. The van der Waals surface area contributed by atoms with Crippen LogP contribution in [0.1, 0.15) is 25.8 Å². The first-order chi connectivity index (χ1) is 6.47. The topological polar surface area (TPSA) is 17.1 Å². The molecule has 1 aromatic carbocycles. The zero-order valence-corrected chi connectivity index (χ0v) is 8.60. The van der Waals surface area contributed by atoms with Crippen LogP contribution in [0.25, 0.3) is 0 Å². The van der Waals surface area contributed by atoms with Crippen molar-refractivity contribution < 1.29 is 13.6 Å². The Kier molecular flexibility index (Phi) is 5.68. The number of hydrogen-bond acceptors (Lipinski definition) is 1. The maximum absolute atomic E-state index is 12.2. The Morgan fingerprint density at radius 1 is 1.29 bits per heavy atom. The first kappa shape index (κ1) is 12.8. The highest BCUT2D eigenvalue weighted by atomic mass is 19.2. The van der Waals surface area contributed by atoms with E-state index in [1.165, 1.54) is 6.07 Å². The van der Waals surface area contributed by atoms with Crippen LogP contribution in [0.3, 0.4) is 0 Å². The Morgan fingerprint density at radius 2 is 1.79 bits per heavy atom. The van der Waals surface area contributed by atoms with Crippen molar-refractivity contribution in [2.24, 2.45) is 0 Å². The van der Waals surface area contributed by atoms with Crippen LogP contribution < -0.4 is 0 Å². The molecular weight excluding hydrogens is 186 g/mol. The van der Waals surface area contributed by atoms with E-state index in [0.29, 0.717) is 6.42 Å². The summed E-state index contributed by atoms with van der Waals surface area (Å²) in [6.45, 7) is 5.14. The second-order valence-corrected chi connectivity index (χ2v) is 2.97. The van der Waals surface area contributed by atoms with E-state index in [1.807, 2.05) is 6.92 Å². The molecule has 14 heavy (non-hydrogen) atoms. The van der Waals surface area contributed by atoms with E-state index in [9.17, 15) is 13.6 Å². The van der Waals surface area contributed by atoms with Gasteiger partial charge in [0, 0.05) is 6.42 Å². The van der Waals surface area contributed by atoms with E-state index in [4.69, 9.17) is 0 Å². The molecule has 0 unspecified atom stereocenters. The van der Waals surface area contributed by atoms with Gasteiger partial charge >= 0.3 is 0 Å². The van der Waals surface area contributed by atoms with Gasteiger partial charge in [-0.05, 0) is 31.5 Å². The van der Waals surface area contributed by atoms with Gasteiger partial charge in [-0.1, -0.05) is 13.0 Å². The third-order valence-corrected chi connectivity index (χ3v) is 1.57. The van der Waals surface area contributed by atoms with Gasteiger partial charge in [0.15, 0.2) is 11.6 Å². The van der Waals surface area contributed by atoms with Gasteiger partial charge in [-0.25, -0.2) is 8.78 Å². The van der Waals surface area contributed by atoms with Crippen LogP contribution in [0, 0.1) is 18.6 Å². The molecule has 1 rings (SSSR count). The molecule has 78 valence electrons. The van der Waals surface area contributed by atoms with Crippen LogP contribution in [0.5, 0.6) is 0 Å². The molecule has 3 heteroatoms. The fourth-order valence-electron chi connectivity index (χ4n) is 0.601. The zero-order chi connectivity index (χ0) is 11.1. The van der Waals surface area contributed by atoms with Crippen LogP contribution in [0.2, 0.25) is 0 Å². The fourth-order valence-corrected chi connectivity index (χ4v) is 0.601. The van der Waals surface area contributed by atoms with Crippen molar-refractivity contribution in [1.29, 1.82) is 0 Å². The summed E-state index contributed by atoms with van der Waals surface area (Å²) in [5.74, 6) is -1.32. The fraction of sp³-hybridized carbons (Fsp3) is 0.364. The van der Waals surface area contributed by atoms with E-state index >= 15 is 0 Å². The number of ketones is 1. The van der Waals surface area contributed by atoms with Gasteiger partial charge in [-0.3, -0.25) is 0 Å². The van der Waals surface area contributed by atoms with Crippen molar-refractivity contribution in [1.82, 2.24) is 0 Å². The minimum absolute atomic E-state index is 0.255. The Balaban J connectivity index is 0.000000292. The molecule has 0 aliphatic rings. The predicted molar refractivity (Wildman–Crippen MR) is 52.1 cm³/mol. The standard InChI is InChI=1S/C7H6F2.C4H8O/c1-5-2-3-6(8)7(9)4-5;1-3-4(2)5/h2-4H,1H3;3H2,1-2H3. The third-order valence-electron chi connectivity index (χ3n) is 1.57. The highest BCUT2D eigenvalue weighted by Crippen LogP contribution is 2.06. The quantitative estimate of drug-likeness (QED) is 0.680. The molecule has 0 aliphatic heterocycles. The minimum Gasteiger partial charge on any atom is -0.300 e. The molecule has 0 fully saturated rings. The molecule has 0 saturated carbocycles. The molecule has 0 spiro atoms. The first-order valence-electron chi connectivity index (χ1n) is 4.38. The van der Waals surface area contributed by atoms with E-state index < -0.39 is 11.6 Å². The highest BCUT2D eigenvalue weighted by Gasteiger charge is 1.97. The number of benzene rings is 1. The molecule has 0 N–H and O–H groups in total. The van der Waals surface area contributed by atoms with Crippen LogP contribution in [0.4, 0.5) is 8.78 Å². The second-order valence-electron chi connectivity index (χ2n) is 2.97. The first-order valence-corrected chi connectivity index (χ1v) is 4.38. The molecule has 0 bridgehead atoms. The van der Waals surface area contributed by atoms with Gasteiger partial charge in [-0.15, -0.1) is 0 Å². The maximum atomic E-state index is 12.2. The van der Waals surface area contributed by atoms with Gasteiger partial charge in [0.05, 0.1) is 0 Å². The van der Waals surface area contributed by atoms with Crippen molar-refractivity contribution in [3.05, 3.63) is 35.4 Å². The molecule has 0 heterocycles. The summed E-state index contributed by atoms with van der Waals surface area (Å²) >= 11 is 0. The molecule has 0 amide bonds. The summed E-state index contributed by atoms with van der Waals surface area (Å²) in [4.78, 5) is 9.81. The number of rotatable bonds is 1. The van der Waals surface area contributed by atoms with Crippen LogP contribution in [-0.2, 0) is 4.79 Å². The summed E-state index contributed by atoms with van der Waals surface area (Å²) in [6.07, 6.45) is 0.667. The van der Waals surface area contributed by atoms with E-state index in [1.54, 1.807) is 13.8 Å². The van der Waals surface area contributed by atoms with Crippen molar-refractivity contribution in [3.8, 4) is 0 Å². The van der Waals surface area contributed by atoms with Gasteiger partial charge in [0.2, 0.25) is 0 Å². The average molecular weight is 200 g/mol. The van der Waals surface area contributed by atoms with Gasteiger partial charge in [0.25, 0.3) is 0 Å². The summed E-state index contributed by atoms with van der Waals surface area (Å²) in [5.41, 5.74) is 0.730. The van der Waals surface area contributed by atoms with Crippen LogP contribution >= 0.6 is 0 Å². The number of carbonyl (C=O) groups excluding carboxylic acids is 1. The summed E-state index contributed by atoms with van der Waals surface area (Å²) in [5, 5.41) is 0. The molecule has 0 radical (unpaired) electrons. The van der Waals surface area contributed by atoms with E-state index in [0.717, 1.165) is 17.7 Å². The Bertz CT molecular complexity index is 308. The summed E-state index contributed by atoms with van der Waals surface area (Å²) in [6, 6.07) is 3.80. The minimum atomic E-state index is -0.791. The van der Waals surface area contributed by atoms with Crippen molar-refractivity contribution >= 4 is 5.78 Å². The lowest BCUT2D eigenvalue weighted by Gasteiger charge is -1.91. The SMILES string of the molecule is CCC(C)=O.Cc1ccc(F)c(F)c1. The van der Waals surface area contributed by atoms with Gasteiger partial charge in [-0.2, -0.15) is 0 Å². The zero-order valence-electron chi connectivity index (χ0n) is 8.60. The Hall–Kier alpha value is -1.25. The molecule has 1 aromatic rings. The van der Waals surface area contributed by atoms with Crippen molar-refractivity contribution in [2.45, 2.75) is 27.2 Å². The second kappa shape index (κ2) is 6.24. The van der Waals surface area contributed by atoms with Gasteiger partial charge in [0.1, 0.15) is 5.78 Å². The van der Waals surface area contributed by atoms with Crippen LogP contribution in [-0.4, -0.2) is 5.78 Å². The lowest BCUT2D eigenvalue weighted by molar-refractivity contribution is -0.116. The van der Waals surface area contributed by atoms with Gasteiger partial charge < -0.3 is 4.79 Å². The molecule has 0 saturated heterocycles. The number of Topliss-reactive ketones (excluding diaryl/α,β-unsaturated/α-hetero) is 1. The van der Waals surface area contributed by atoms with E-state index in [2.05, 4.69) is 0 Å². The lowest BCUT2D eigenvalue weighted by atomic mass is 10.2.